The van der Waals surface area contributed by atoms with E-state index in [1.165, 1.54) is 89.4 Å². The molecule has 7 aromatic rings. The average Bonchev–Trinajstić information content (AvgIpc) is 3.32. The van der Waals surface area contributed by atoms with Crippen LogP contribution in [0.25, 0.3) is 39.1 Å². The molecule has 0 saturated carbocycles. The molecule has 2 aliphatic heterocycles. The predicted octanol–water partition coefficient (Wildman–Crippen LogP) is 14.2. The Bertz CT molecular complexity index is 2840. The fraction of sp³-hybridized carbons (Fsp3) is 0.0690. The van der Waals surface area contributed by atoms with Crippen LogP contribution in [0.5, 0.6) is 0 Å². The highest BCUT2D eigenvalue weighted by Gasteiger charge is 2.35. The summed E-state index contributed by atoms with van der Waals surface area (Å²) >= 11 is 0. The minimum absolute atomic E-state index is 0.102. The first-order chi connectivity index (χ1) is 29.7. The van der Waals surface area contributed by atoms with Gasteiger partial charge in [-0.3, -0.25) is 0 Å². The summed E-state index contributed by atoms with van der Waals surface area (Å²) in [5, 5.41) is 3.88. The first-order valence-corrected chi connectivity index (χ1v) is 21.1. The van der Waals surface area contributed by atoms with Crippen LogP contribution in [0.15, 0.2) is 247 Å². The van der Waals surface area contributed by atoms with Gasteiger partial charge in [-0.2, -0.15) is 0 Å². The molecule has 3 unspecified atom stereocenters. The smallest absolute Gasteiger partial charge is 0.0799 e. The number of nitrogens with one attached hydrogen (secondary N) is 1. The van der Waals surface area contributed by atoms with Crippen molar-refractivity contribution in [1.29, 1.82) is 0 Å². The van der Waals surface area contributed by atoms with Gasteiger partial charge in [0.15, 0.2) is 0 Å². The van der Waals surface area contributed by atoms with Crippen molar-refractivity contribution < 1.29 is 0 Å². The number of benzene rings is 7. The summed E-state index contributed by atoms with van der Waals surface area (Å²) in [5.74, 6) is 0.293. The predicted molar refractivity (Wildman–Crippen MR) is 250 cm³/mol. The van der Waals surface area contributed by atoms with Crippen LogP contribution < -0.4 is 10.2 Å². The van der Waals surface area contributed by atoms with E-state index in [0.717, 1.165) is 6.42 Å². The molecule has 2 aliphatic carbocycles. The summed E-state index contributed by atoms with van der Waals surface area (Å²) in [6.07, 6.45) is 15.3. The number of allylic oxidation sites excluding steroid dienone is 8. The molecule has 0 radical (unpaired) electrons. The maximum Gasteiger partial charge on any atom is 0.0799 e. The molecule has 11 rings (SSSR count). The molecular weight excluding hydrogens is 725 g/mol. The summed E-state index contributed by atoms with van der Waals surface area (Å²) in [7, 11) is 0. The number of nitrogens with zero attached hydrogens (tertiary/aromatic N) is 1. The molecule has 4 aliphatic rings. The third kappa shape index (κ3) is 6.67. The zero-order valence-corrected chi connectivity index (χ0v) is 33.3. The van der Waals surface area contributed by atoms with Gasteiger partial charge in [0.05, 0.1) is 12.1 Å². The van der Waals surface area contributed by atoms with Gasteiger partial charge in [-0.15, -0.1) is 0 Å². The molecule has 1 N–H and O–H groups in total. The lowest BCUT2D eigenvalue weighted by molar-refractivity contribution is 0.691. The molecule has 2 heterocycles. The topological polar surface area (TPSA) is 15.3 Å². The number of fused-ring (bicyclic) bond motifs is 2. The van der Waals surface area contributed by atoms with Crippen LogP contribution in [0, 0.1) is 5.92 Å². The van der Waals surface area contributed by atoms with Crippen molar-refractivity contribution in [3.63, 3.8) is 0 Å². The van der Waals surface area contributed by atoms with E-state index in [-0.39, 0.29) is 12.1 Å². The lowest BCUT2D eigenvalue weighted by atomic mass is 9.73. The van der Waals surface area contributed by atoms with Gasteiger partial charge in [-0.25, -0.2) is 0 Å². The maximum absolute atomic E-state index is 3.88. The van der Waals surface area contributed by atoms with E-state index in [4.69, 9.17) is 0 Å². The minimum atomic E-state index is 0.102. The number of hydrogen-bond donors (Lipinski definition) is 1. The number of hydrogen-bond acceptors (Lipinski definition) is 2. The Kier molecular flexibility index (Phi) is 9.17. The van der Waals surface area contributed by atoms with E-state index in [9.17, 15) is 0 Å². The van der Waals surface area contributed by atoms with E-state index in [1.54, 1.807) is 0 Å². The molecule has 0 saturated heterocycles. The molecule has 60 heavy (non-hydrogen) atoms. The molecule has 3 atom stereocenters. The van der Waals surface area contributed by atoms with Crippen LogP contribution in [0.2, 0.25) is 0 Å². The second kappa shape index (κ2) is 15.4. The Morgan fingerprint density at radius 2 is 1.03 bits per heavy atom. The Hall–Kier alpha value is -7.42. The molecule has 0 fully saturated rings. The van der Waals surface area contributed by atoms with Gasteiger partial charge in [0.2, 0.25) is 0 Å². The molecule has 0 bridgehead atoms. The van der Waals surface area contributed by atoms with Crippen molar-refractivity contribution in [3.05, 3.63) is 275 Å². The number of dihydropyridines is 1. The minimum Gasteiger partial charge on any atom is -0.374 e. The first-order valence-electron chi connectivity index (χ1n) is 21.1. The van der Waals surface area contributed by atoms with Gasteiger partial charge in [0.1, 0.15) is 0 Å². The second-order valence-electron chi connectivity index (χ2n) is 16.1. The zero-order chi connectivity index (χ0) is 39.8. The highest BCUT2D eigenvalue weighted by molar-refractivity contribution is 5.92. The monoisotopic (exact) mass is 768 g/mol. The average molecular weight is 769 g/mol. The lowest BCUT2D eigenvalue weighted by Gasteiger charge is -2.43. The number of rotatable bonds is 8. The van der Waals surface area contributed by atoms with Crippen molar-refractivity contribution in [2.75, 3.05) is 4.90 Å². The van der Waals surface area contributed by atoms with Gasteiger partial charge in [0.25, 0.3) is 0 Å². The standard InChI is InChI=1S/C58H44N2/c1-6-17-40(18-7-1)48-35-49(41-19-8-2-9-20-41)37-50(36-48)57-39-56(60(57)51-27-14-5-15-28-51)47-26-16-25-44(34-47)45-29-31-52-46(33-45)30-32-54-58(52)53(42-21-10-3-11-22-42)38-55(59-54)43-23-12-4-13-24-43/h1-32,34-39,46,55-56,59H,33H2. The van der Waals surface area contributed by atoms with Crippen LogP contribution in [-0.2, 0) is 0 Å². The summed E-state index contributed by atoms with van der Waals surface area (Å²) in [6, 6.07) is 70.5. The van der Waals surface area contributed by atoms with Gasteiger partial charge >= 0.3 is 0 Å². The third-order valence-corrected chi connectivity index (χ3v) is 12.4. The molecule has 2 nitrogen and oxygen atoms in total. The van der Waals surface area contributed by atoms with Crippen LogP contribution in [-0.4, -0.2) is 0 Å². The Morgan fingerprint density at radius 1 is 0.467 bits per heavy atom. The Balaban J connectivity index is 0.949. The van der Waals surface area contributed by atoms with Crippen molar-refractivity contribution in [2.24, 2.45) is 5.92 Å². The quantitative estimate of drug-likeness (QED) is 0.166. The van der Waals surface area contributed by atoms with Gasteiger partial charge in [-0.1, -0.05) is 176 Å². The summed E-state index contributed by atoms with van der Waals surface area (Å²) in [5.41, 5.74) is 20.2. The Morgan fingerprint density at radius 3 is 1.70 bits per heavy atom. The van der Waals surface area contributed by atoms with Crippen molar-refractivity contribution in [1.82, 2.24) is 5.32 Å². The van der Waals surface area contributed by atoms with Gasteiger partial charge in [0, 0.05) is 28.6 Å². The van der Waals surface area contributed by atoms with Crippen LogP contribution >= 0.6 is 0 Å². The van der Waals surface area contributed by atoms with E-state index >= 15 is 0 Å². The van der Waals surface area contributed by atoms with Crippen LogP contribution in [0.3, 0.4) is 0 Å². The summed E-state index contributed by atoms with van der Waals surface area (Å²) < 4.78 is 0. The lowest BCUT2D eigenvalue weighted by Crippen LogP contribution is -2.34. The maximum atomic E-state index is 3.88. The normalized spacial score (nSPS) is 19.1. The molecule has 0 amide bonds. The molecule has 0 aromatic heterocycles. The fourth-order valence-corrected chi connectivity index (χ4v) is 9.45. The fourth-order valence-electron chi connectivity index (χ4n) is 9.45. The molecular formula is C58H44N2. The molecule has 7 aromatic carbocycles. The Labute approximate surface area is 353 Å². The molecule has 286 valence electrons. The molecule has 2 heteroatoms. The summed E-state index contributed by atoms with van der Waals surface area (Å²) in [4.78, 5) is 2.51. The van der Waals surface area contributed by atoms with Crippen molar-refractivity contribution >= 4 is 22.5 Å². The zero-order valence-electron chi connectivity index (χ0n) is 33.3. The summed E-state index contributed by atoms with van der Waals surface area (Å²) in [6.45, 7) is 0. The van der Waals surface area contributed by atoms with E-state index in [1.807, 2.05) is 0 Å². The first kappa shape index (κ1) is 35.7. The van der Waals surface area contributed by atoms with E-state index < -0.39 is 0 Å². The highest BCUT2D eigenvalue weighted by atomic mass is 15.2. The van der Waals surface area contributed by atoms with Gasteiger partial charge in [-0.05, 0) is 128 Å². The molecule has 0 spiro atoms. The van der Waals surface area contributed by atoms with Crippen LogP contribution in [0.1, 0.15) is 46.3 Å². The van der Waals surface area contributed by atoms with Gasteiger partial charge < -0.3 is 10.2 Å². The van der Waals surface area contributed by atoms with E-state index in [2.05, 4.69) is 241 Å². The number of para-hydroxylation sites is 1. The van der Waals surface area contributed by atoms with Crippen molar-refractivity contribution in [3.8, 4) is 22.3 Å². The van der Waals surface area contributed by atoms with Crippen LogP contribution in [0.4, 0.5) is 5.69 Å². The number of anilines is 1. The highest BCUT2D eigenvalue weighted by Crippen LogP contribution is 2.49. The van der Waals surface area contributed by atoms with Crippen molar-refractivity contribution in [2.45, 2.75) is 18.5 Å². The third-order valence-electron chi connectivity index (χ3n) is 12.4. The second-order valence-corrected chi connectivity index (χ2v) is 16.1. The SMILES string of the molecule is C1=CC2CC(c3cccc(C4C=C(c5cc(-c6ccccc6)cc(-c6ccccc6)c5)N4c4ccccc4)c3)=CC=C2C2=C1NC(c1ccccc1)C=C2c1ccccc1. The van der Waals surface area contributed by atoms with E-state index in [0.29, 0.717) is 5.92 Å². The largest absolute Gasteiger partial charge is 0.374 e.